The number of anilines is 1. The number of nitrogens with two attached hydrogens (primary N) is 1. The summed E-state index contributed by atoms with van der Waals surface area (Å²) in [4.78, 5) is 7.81. The van der Waals surface area contributed by atoms with Crippen LogP contribution in [0.25, 0.3) is 0 Å². The minimum Gasteiger partial charge on any atom is -0.368 e. The van der Waals surface area contributed by atoms with Crippen LogP contribution >= 0.6 is 0 Å². The Balaban J connectivity index is 2.28. The van der Waals surface area contributed by atoms with Gasteiger partial charge in [-0.2, -0.15) is 0 Å². The number of nitrogen functional groups attached to an aromatic ring is 1. The summed E-state index contributed by atoms with van der Waals surface area (Å²) in [5, 5.41) is 0. The highest BCUT2D eigenvalue weighted by atomic mass is 15.0. The fourth-order valence-electron chi connectivity index (χ4n) is 0.975. The van der Waals surface area contributed by atoms with Gasteiger partial charge < -0.3 is 5.73 Å². The lowest BCUT2D eigenvalue weighted by Gasteiger charge is -1.94. The number of aromatic nitrogens is 2. The zero-order valence-electron chi connectivity index (χ0n) is 5.62. The molecule has 0 unspecified atom stereocenters. The van der Waals surface area contributed by atoms with E-state index in [1.807, 2.05) is 12.4 Å². The molecule has 1 fully saturated rings. The summed E-state index contributed by atoms with van der Waals surface area (Å²) in [6.07, 6.45) is 6.21. The summed E-state index contributed by atoms with van der Waals surface area (Å²) in [6, 6.07) is 0. The Morgan fingerprint density at radius 1 is 1.30 bits per heavy atom. The van der Waals surface area contributed by atoms with Crippen molar-refractivity contribution in [1.29, 1.82) is 0 Å². The lowest BCUT2D eigenvalue weighted by atomic mass is 10.2. The highest BCUT2D eigenvalue weighted by molar-refractivity contribution is 5.22. The van der Waals surface area contributed by atoms with Gasteiger partial charge in [0.25, 0.3) is 0 Å². The van der Waals surface area contributed by atoms with Crippen LogP contribution in [-0.4, -0.2) is 9.97 Å². The van der Waals surface area contributed by atoms with Crippen molar-refractivity contribution in [2.24, 2.45) is 0 Å². The summed E-state index contributed by atoms with van der Waals surface area (Å²) in [7, 11) is 0. The molecule has 3 heteroatoms. The van der Waals surface area contributed by atoms with Crippen molar-refractivity contribution >= 4 is 5.95 Å². The molecule has 1 saturated carbocycles. The molecule has 3 nitrogen and oxygen atoms in total. The smallest absolute Gasteiger partial charge is 0.219 e. The standard InChI is InChI=1S/C7H9N3/c8-7-9-3-6(4-10-7)5-1-2-5/h3-5H,1-2H2,(H2,8,9,10). The van der Waals surface area contributed by atoms with Crippen LogP contribution in [0.15, 0.2) is 12.4 Å². The van der Waals surface area contributed by atoms with Crippen LogP contribution in [0.4, 0.5) is 5.95 Å². The van der Waals surface area contributed by atoms with E-state index in [9.17, 15) is 0 Å². The molecule has 2 rings (SSSR count). The summed E-state index contributed by atoms with van der Waals surface area (Å²) in [6.45, 7) is 0. The van der Waals surface area contributed by atoms with Gasteiger partial charge >= 0.3 is 0 Å². The van der Waals surface area contributed by atoms with Crippen molar-refractivity contribution in [3.8, 4) is 0 Å². The first-order chi connectivity index (χ1) is 4.86. The second-order valence-electron chi connectivity index (χ2n) is 2.65. The van der Waals surface area contributed by atoms with Crippen molar-refractivity contribution in [2.45, 2.75) is 18.8 Å². The summed E-state index contributed by atoms with van der Waals surface area (Å²) < 4.78 is 0. The van der Waals surface area contributed by atoms with Crippen LogP contribution in [-0.2, 0) is 0 Å². The first kappa shape index (κ1) is 5.65. The Labute approximate surface area is 59.3 Å². The lowest BCUT2D eigenvalue weighted by molar-refractivity contribution is 1.04. The van der Waals surface area contributed by atoms with Crippen LogP contribution in [0.5, 0.6) is 0 Å². The Bertz CT molecular complexity index is 225. The van der Waals surface area contributed by atoms with Crippen LogP contribution in [0.1, 0.15) is 24.3 Å². The van der Waals surface area contributed by atoms with Crippen molar-refractivity contribution in [2.75, 3.05) is 5.73 Å². The van der Waals surface area contributed by atoms with Gasteiger partial charge in [-0.3, -0.25) is 0 Å². The molecule has 0 aromatic carbocycles. The SMILES string of the molecule is Nc1ncc(C2CC2)cn1. The first-order valence-electron chi connectivity index (χ1n) is 3.43. The molecule has 2 N–H and O–H groups in total. The van der Waals surface area contributed by atoms with E-state index in [0.717, 1.165) is 5.92 Å². The summed E-state index contributed by atoms with van der Waals surface area (Å²) in [5.74, 6) is 1.09. The fraction of sp³-hybridized carbons (Fsp3) is 0.429. The van der Waals surface area contributed by atoms with E-state index in [0.29, 0.717) is 5.95 Å². The molecule has 10 heavy (non-hydrogen) atoms. The number of hydrogen-bond acceptors (Lipinski definition) is 3. The van der Waals surface area contributed by atoms with Crippen molar-refractivity contribution in [3.63, 3.8) is 0 Å². The van der Waals surface area contributed by atoms with Crippen molar-refractivity contribution in [3.05, 3.63) is 18.0 Å². The third-order valence-corrected chi connectivity index (χ3v) is 1.74. The van der Waals surface area contributed by atoms with Gasteiger partial charge in [-0.1, -0.05) is 0 Å². The third kappa shape index (κ3) is 0.943. The average Bonchev–Trinajstić information content (AvgIpc) is 2.71. The fourth-order valence-corrected chi connectivity index (χ4v) is 0.975. The Morgan fingerprint density at radius 2 is 1.90 bits per heavy atom. The molecule has 0 bridgehead atoms. The Morgan fingerprint density at radius 3 is 2.40 bits per heavy atom. The highest BCUT2D eigenvalue weighted by Crippen LogP contribution is 2.39. The first-order valence-corrected chi connectivity index (χ1v) is 3.43. The van der Waals surface area contributed by atoms with E-state index in [4.69, 9.17) is 5.73 Å². The van der Waals surface area contributed by atoms with Crippen LogP contribution in [0.2, 0.25) is 0 Å². The maximum Gasteiger partial charge on any atom is 0.219 e. The normalized spacial score (nSPS) is 17.2. The molecule has 0 radical (unpaired) electrons. The zero-order valence-corrected chi connectivity index (χ0v) is 5.62. The van der Waals surface area contributed by atoms with Gasteiger partial charge in [0.2, 0.25) is 5.95 Å². The van der Waals surface area contributed by atoms with Gasteiger partial charge in [0.15, 0.2) is 0 Å². The number of nitrogens with zero attached hydrogens (tertiary/aromatic N) is 2. The molecule has 1 aliphatic carbocycles. The van der Waals surface area contributed by atoms with E-state index in [1.165, 1.54) is 18.4 Å². The van der Waals surface area contributed by atoms with E-state index in [2.05, 4.69) is 9.97 Å². The number of rotatable bonds is 1. The molecule has 0 saturated heterocycles. The summed E-state index contributed by atoms with van der Waals surface area (Å²) in [5.41, 5.74) is 6.56. The Hall–Kier alpha value is -1.12. The maximum absolute atomic E-state index is 5.33. The van der Waals surface area contributed by atoms with Crippen LogP contribution in [0.3, 0.4) is 0 Å². The zero-order chi connectivity index (χ0) is 6.97. The second-order valence-corrected chi connectivity index (χ2v) is 2.65. The van der Waals surface area contributed by atoms with Gasteiger partial charge in [-0.25, -0.2) is 9.97 Å². The molecule has 1 aromatic rings. The van der Waals surface area contributed by atoms with E-state index in [-0.39, 0.29) is 0 Å². The van der Waals surface area contributed by atoms with E-state index >= 15 is 0 Å². The molecular formula is C7H9N3. The topological polar surface area (TPSA) is 51.8 Å². The molecule has 52 valence electrons. The largest absolute Gasteiger partial charge is 0.368 e. The molecule has 1 aromatic heterocycles. The molecule has 0 atom stereocenters. The molecule has 0 amide bonds. The highest BCUT2D eigenvalue weighted by Gasteiger charge is 2.23. The maximum atomic E-state index is 5.33. The van der Waals surface area contributed by atoms with Gasteiger partial charge in [0.05, 0.1) is 0 Å². The molecule has 0 spiro atoms. The van der Waals surface area contributed by atoms with E-state index < -0.39 is 0 Å². The quantitative estimate of drug-likeness (QED) is 0.623. The average molecular weight is 135 g/mol. The second kappa shape index (κ2) is 1.94. The van der Waals surface area contributed by atoms with Crippen LogP contribution < -0.4 is 5.73 Å². The van der Waals surface area contributed by atoms with Gasteiger partial charge in [0, 0.05) is 12.4 Å². The predicted molar refractivity (Wildman–Crippen MR) is 38.4 cm³/mol. The Kier molecular flexibility index (Phi) is 1.09. The summed E-state index contributed by atoms with van der Waals surface area (Å²) >= 11 is 0. The molecular weight excluding hydrogens is 126 g/mol. The van der Waals surface area contributed by atoms with Gasteiger partial charge in [-0.15, -0.1) is 0 Å². The van der Waals surface area contributed by atoms with Gasteiger partial charge in [0.1, 0.15) is 0 Å². The minimum absolute atomic E-state index is 0.365. The predicted octanol–water partition coefficient (Wildman–Crippen LogP) is 0.936. The van der Waals surface area contributed by atoms with Crippen molar-refractivity contribution in [1.82, 2.24) is 9.97 Å². The minimum atomic E-state index is 0.365. The monoisotopic (exact) mass is 135 g/mol. The third-order valence-electron chi connectivity index (χ3n) is 1.74. The van der Waals surface area contributed by atoms with Gasteiger partial charge in [-0.05, 0) is 24.3 Å². The van der Waals surface area contributed by atoms with E-state index in [1.54, 1.807) is 0 Å². The van der Waals surface area contributed by atoms with Crippen LogP contribution in [0, 0.1) is 0 Å². The number of hydrogen-bond donors (Lipinski definition) is 1. The molecule has 1 aliphatic rings. The molecule has 1 heterocycles. The van der Waals surface area contributed by atoms with Crippen molar-refractivity contribution < 1.29 is 0 Å². The lowest BCUT2D eigenvalue weighted by Crippen LogP contribution is -1.94. The molecule has 0 aliphatic heterocycles.